The Labute approximate surface area is 105 Å². The van der Waals surface area contributed by atoms with Crippen molar-refractivity contribution in [2.45, 2.75) is 39.7 Å². The fourth-order valence-electron chi connectivity index (χ4n) is 1.92. The Morgan fingerprint density at radius 2 is 1.82 bits per heavy atom. The molecule has 0 amide bonds. The number of benzene rings is 1. The lowest BCUT2D eigenvalue weighted by Crippen LogP contribution is -2.27. The predicted octanol–water partition coefficient (Wildman–Crippen LogP) is 3.83. The van der Waals surface area contributed by atoms with Crippen molar-refractivity contribution in [2.24, 2.45) is 5.92 Å². The van der Waals surface area contributed by atoms with Gasteiger partial charge in [-0.2, -0.15) is 0 Å². The van der Waals surface area contributed by atoms with E-state index in [4.69, 9.17) is 9.47 Å². The van der Waals surface area contributed by atoms with Crippen LogP contribution in [0.15, 0.2) is 24.3 Å². The van der Waals surface area contributed by atoms with Gasteiger partial charge in [0.2, 0.25) is 0 Å². The van der Waals surface area contributed by atoms with Crippen LogP contribution in [0.2, 0.25) is 0 Å². The van der Waals surface area contributed by atoms with Crippen molar-refractivity contribution in [2.75, 3.05) is 13.7 Å². The van der Waals surface area contributed by atoms with E-state index in [0.717, 1.165) is 5.75 Å². The van der Waals surface area contributed by atoms with Crippen LogP contribution < -0.4 is 4.74 Å². The summed E-state index contributed by atoms with van der Waals surface area (Å²) < 4.78 is 11.2. The standard InChI is InChI=1S/C15H24O2/c1-5-6-13(3)15(16-4)11-17-14-9-7-12(2)8-10-14/h7-10,13,15H,5-6,11H2,1-4H3. The number of rotatable bonds is 7. The average Bonchev–Trinajstić information content (AvgIpc) is 2.32. The molecule has 0 bridgehead atoms. The first-order valence-corrected chi connectivity index (χ1v) is 6.39. The topological polar surface area (TPSA) is 18.5 Å². The summed E-state index contributed by atoms with van der Waals surface area (Å²) in [5, 5.41) is 0. The summed E-state index contributed by atoms with van der Waals surface area (Å²) in [6.07, 6.45) is 2.54. The van der Waals surface area contributed by atoms with Gasteiger partial charge in [-0.05, 0) is 31.4 Å². The minimum Gasteiger partial charge on any atom is -0.491 e. The second-order valence-electron chi connectivity index (χ2n) is 4.66. The molecule has 0 N–H and O–H groups in total. The van der Waals surface area contributed by atoms with E-state index >= 15 is 0 Å². The predicted molar refractivity (Wildman–Crippen MR) is 71.5 cm³/mol. The number of methoxy groups -OCH3 is 1. The summed E-state index contributed by atoms with van der Waals surface area (Å²) >= 11 is 0. The molecule has 17 heavy (non-hydrogen) atoms. The van der Waals surface area contributed by atoms with Crippen molar-refractivity contribution in [3.63, 3.8) is 0 Å². The summed E-state index contributed by atoms with van der Waals surface area (Å²) in [4.78, 5) is 0. The number of hydrogen-bond donors (Lipinski definition) is 0. The highest BCUT2D eigenvalue weighted by molar-refractivity contribution is 5.26. The third-order valence-corrected chi connectivity index (χ3v) is 3.12. The summed E-state index contributed by atoms with van der Waals surface area (Å²) in [5.74, 6) is 1.46. The summed E-state index contributed by atoms with van der Waals surface area (Å²) in [7, 11) is 1.76. The van der Waals surface area contributed by atoms with Gasteiger partial charge in [0.05, 0.1) is 6.10 Å². The van der Waals surface area contributed by atoms with Crippen LogP contribution in [0, 0.1) is 12.8 Å². The molecule has 0 aromatic heterocycles. The van der Waals surface area contributed by atoms with E-state index in [9.17, 15) is 0 Å². The van der Waals surface area contributed by atoms with Crippen LogP contribution in [0.5, 0.6) is 5.75 Å². The molecule has 0 aliphatic carbocycles. The molecule has 96 valence electrons. The zero-order valence-corrected chi connectivity index (χ0v) is 11.4. The molecule has 1 aromatic rings. The number of hydrogen-bond acceptors (Lipinski definition) is 2. The monoisotopic (exact) mass is 236 g/mol. The van der Waals surface area contributed by atoms with Crippen LogP contribution in [0.3, 0.4) is 0 Å². The van der Waals surface area contributed by atoms with Crippen molar-refractivity contribution >= 4 is 0 Å². The summed E-state index contributed by atoms with van der Waals surface area (Å²) in [6, 6.07) is 8.14. The molecule has 0 fully saturated rings. The van der Waals surface area contributed by atoms with Crippen molar-refractivity contribution in [3.05, 3.63) is 29.8 Å². The number of aryl methyl sites for hydroxylation is 1. The van der Waals surface area contributed by atoms with E-state index in [2.05, 4.69) is 32.9 Å². The van der Waals surface area contributed by atoms with Crippen LogP contribution in [0.1, 0.15) is 32.3 Å². The molecule has 0 saturated heterocycles. The van der Waals surface area contributed by atoms with E-state index in [1.54, 1.807) is 7.11 Å². The highest BCUT2D eigenvalue weighted by Crippen LogP contribution is 2.16. The van der Waals surface area contributed by atoms with E-state index < -0.39 is 0 Å². The third kappa shape index (κ3) is 4.78. The van der Waals surface area contributed by atoms with Gasteiger partial charge in [-0.25, -0.2) is 0 Å². The van der Waals surface area contributed by atoms with E-state index in [1.807, 2.05) is 12.1 Å². The smallest absolute Gasteiger partial charge is 0.119 e. The Bertz CT molecular complexity index is 305. The molecule has 0 spiro atoms. The van der Waals surface area contributed by atoms with Gasteiger partial charge in [-0.1, -0.05) is 38.0 Å². The molecule has 1 aromatic carbocycles. The average molecular weight is 236 g/mol. The molecule has 1 rings (SSSR count). The maximum atomic E-state index is 5.76. The molecule has 2 unspecified atom stereocenters. The first kappa shape index (κ1) is 14.0. The fraction of sp³-hybridized carbons (Fsp3) is 0.600. The molecule has 2 nitrogen and oxygen atoms in total. The molecule has 0 saturated carbocycles. The zero-order valence-electron chi connectivity index (χ0n) is 11.4. The second kappa shape index (κ2) is 7.33. The first-order chi connectivity index (χ1) is 8.17. The van der Waals surface area contributed by atoms with Gasteiger partial charge in [-0.3, -0.25) is 0 Å². The molecule has 0 aliphatic heterocycles. The van der Waals surface area contributed by atoms with Crippen molar-refractivity contribution in [1.82, 2.24) is 0 Å². The highest BCUT2D eigenvalue weighted by atomic mass is 16.5. The molecule has 0 heterocycles. The Hall–Kier alpha value is -1.02. The van der Waals surface area contributed by atoms with Gasteiger partial charge >= 0.3 is 0 Å². The lowest BCUT2D eigenvalue weighted by atomic mass is 10.00. The Morgan fingerprint density at radius 3 is 2.35 bits per heavy atom. The quantitative estimate of drug-likeness (QED) is 0.716. The van der Waals surface area contributed by atoms with Gasteiger partial charge in [0, 0.05) is 7.11 Å². The Morgan fingerprint density at radius 1 is 1.18 bits per heavy atom. The van der Waals surface area contributed by atoms with Crippen molar-refractivity contribution in [3.8, 4) is 5.75 Å². The van der Waals surface area contributed by atoms with E-state index in [0.29, 0.717) is 12.5 Å². The maximum absolute atomic E-state index is 5.76. The minimum absolute atomic E-state index is 0.177. The fourth-order valence-corrected chi connectivity index (χ4v) is 1.92. The van der Waals surface area contributed by atoms with Crippen LogP contribution in [0.25, 0.3) is 0 Å². The zero-order chi connectivity index (χ0) is 12.7. The van der Waals surface area contributed by atoms with Gasteiger partial charge in [-0.15, -0.1) is 0 Å². The lowest BCUT2D eigenvalue weighted by Gasteiger charge is -2.22. The van der Waals surface area contributed by atoms with Gasteiger partial charge in [0.25, 0.3) is 0 Å². The normalized spacial score (nSPS) is 14.4. The molecule has 2 atom stereocenters. The largest absolute Gasteiger partial charge is 0.491 e. The third-order valence-electron chi connectivity index (χ3n) is 3.12. The summed E-state index contributed by atoms with van der Waals surface area (Å²) in [6.45, 7) is 7.12. The van der Waals surface area contributed by atoms with Gasteiger partial charge in [0.15, 0.2) is 0 Å². The molecular formula is C15H24O2. The van der Waals surface area contributed by atoms with E-state index in [-0.39, 0.29) is 6.10 Å². The lowest BCUT2D eigenvalue weighted by molar-refractivity contribution is 0.0181. The van der Waals surface area contributed by atoms with Gasteiger partial charge in [0.1, 0.15) is 12.4 Å². The molecule has 0 aliphatic rings. The van der Waals surface area contributed by atoms with Crippen LogP contribution in [0.4, 0.5) is 0 Å². The first-order valence-electron chi connectivity index (χ1n) is 6.39. The Balaban J connectivity index is 2.44. The molecular weight excluding hydrogens is 212 g/mol. The van der Waals surface area contributed by atoms with Crippen LogP contribution >= 0.6 is 0 Å². The number of ether oxygens (including phenoxy) is 2. The highest BCUT2D eigenvalue weighted by Gasteiger charge is 2.16. The summed E-state index contributed by atoms with van der Waals surface area (Å²) in [5.41, 5.74) is 1.25. The van der Waals surface area contributed by atoms with Crippen LogP contribution in [-0.4, -0.2) is 19.8 Å². The SMILES string of the molecule is CCCC(C)C(COc1ccc(C)cc1)OC. The van der Waals surface area contributed by atoms with Gasteiger partial charge < -0.3 is 9.47 Å². The Kier molecular flexibility index (Phi) is 6.06. The maximum Gasteiger partial charge on any atom is 0.119 e. The van der Waals surface area contributed by atoms with E-state index in [1.165, 1.54) is 18.4 Å². The molecule has 2 heteroatoms. The second-order valence-corrected chi connectivity index (χ2v) is 4.66. The molecule has 0 radical (unpaired) electrons. The van der Waals surface area contributed by atoms with Crippen molar-refractivity contribution < 1.29 is 9.47 Å². The van der Waals surface area contributed by atoms with Crippen LogP contribution in [-0.2, 0) is 4.74 Å². The minimum atomic E-state index is 0.177. The van der Waals surface area contributed by atoms with Crippen molar-refractivity contribution in [1.29, 1.82) is 0 Å².